The number of amides is 1. The predicted molar refractivity (Wildman–Crippen MR) is 120 cm³/mol. The summed E-state index contributed by atoms with van der Waals surface area (Å²) in [6, 6.07) is 14.0. The summed E-state index contributed by atoms with van der Waals surface area (Å²) in [5, 5.41) is 11.7. The maximum absolute atomic E-state index is 12.9. The van der Waals surface area contributed by atoms with Gasteiger partial charge in [-0.3, -0.25) is 4.79 Å². The molecule has 0 radical (unpaired) electrons. The average molecular weight is 440 g/mol. The molecule has 1 aliphatic rings. The van der Waals surface area contributed by atoms with Crippen LogP contribution in [0.2, 0.25) is 0 Å². The molecule has 0 bridgehead atoms. The number of unbranched alkanes of at least 4 members (excludes halogenated alkanes) is 1. The summed E-state index contributed by atoms with van der Waals surface area (Å²) in [4.78, 5) is 24.6. The van der Waals surface area contributed by atoms with Gasteiger partial charge in [-0.15, -0.1) is 0 Å². The van der Waals surface area contributed by atoms with Crippen LogP contribution in [-0.2, 0) is 19.0 Å². The minimum absolute atomic E-state index is 0.0934. The second-order valence-corrected chi connectivity index (χ2v) is 7.38. The number of carbonyl (C=O) groups is 2. The fourth-order valence-electron chi connectivity index (χ4n) is 3.36. The highest BCUT2D eigenvalue weighted by Crippen LogP contribution is 2.32. The third kappa shape index (κ3) is 6.09. The molecule has 0 fully saturated rings. The summed E-state index contributed by atoms with van der Waals surface area (Å²) in [7, 11) is 1.33. The number of nitrogens with two attached hydrogens (primary N) is 1. The lowest BCUT2D eigenvalue weighted by molar-refractivity contribution is -0.143. The smallest absolute Gasteiger partial charge is 0.337 e. The van der Waals surface area contributed by atoms with Gasteiger partial charge in [-0.25, -0.2) is 4.79 Å². The highest BCUT2D eigenvalue weighted by atomic mass is 16.7. The number of ether oxygens (including phenoxy) is 3. The summed E-state index contributed by atoms with van der Waals surface area (Å²) < 4.78 is 16.4. The molecule has 8 nitrogen and oxygen atoms in total. The zero-order chi connectivity index (χ0) is 22.9. The fourth-order valence-corrected chi connectivity index (χ4v) is 3.36. The number of hydrogen-bond acceptors (Lipinski definition) is 7. The molecule has 3 rings (SSSR count). The monoisotopic (exact) mass is 440 g/mol. The van der Waals surface area contributed by atoms with Crippen molar-refractivity contribution in [2.45, 2.75) is 31.5 Å². The van der Waals surface area contributed by atoms with Gasteiger partial charge in [-0.1, -0.05) is 24.3 Å². The Morgan fingerprint density at radius 3 is 2.59 bits per heavy atom. The Labute approximate surface area is 187 Å². The number of esters is 1. The molecule has 0 aromatic heterocycles. The van der Waals surface area contributed by atoms with Crippen LogP contribution in [0.15, 0.2) is 60.4 Å². The van der Waals surface area contributed by atoms with E-state index in [0.29, 0.717) is 42.8 Å². The van der Waals surface area contributed by atoms with E-state index in [1.54, 1.807) is 42.5 Å². The molecule has 170 valence electrons. The van der Waals surface area contributed by atoms with Gasteiger partial charge in [0, 0.05) is 18.9 Å². The molecule has 1 aliphatic heterocycles. The van der Waals surface area contributed by atoms with E-state index >= 15 is 0 Å². The van der Waals surface area contributed by atoms with Crippen LogP contribution in [0.5, 0.6) is 0 Å². The summed E-state index contributed by atoms with van der Waals surface area (Å²) in [6.07, 6.45) is 2.93. The number of hydrogen-bond donors (Lipinski definition) is 3. The fraction of sp³-hybridized carbons (Fsp3) is 0.333. The first kappa shape index (κ1) is 23.3. The van der Waals surface area contributed by atoms with Crippen LogP contribution in [0.4, 0.5) is 11.4 Å². The number of aliphatic hydroxyl groups excluding tert-OH is 1. The lowest BCUT2D eigenvalue weighted by Gasteiger charge is -2.29. The number of para-hydroxylation sites is 2. The maximum atomic E-state index is 12.9. The van der Waals surface area contributed by atoms with Crippen molar-refractivity contribution in [1.82, 2.24) is 0 Å². The topological polar surface area (TPSA) is 120 Å². The standard InChI is InChI=1S/C24H28N2O6/c1-30-24(29)17-10-8-16(9-11-17)18-14-21(32-22(15-18)31-13-5-4-12-27)23(28)26-20-7-3-2-6-19(20)25/h2-3,6-11,14,18,22,27H,4-5,12-13,15,25H2,1H3,(H,26,28). The Bertz CT molecular complexity index is 957. The molecule has 0 saturated heterocycles. The second-order valence-electron chi connectivity index (χ2n) is 7.38. The molecule has 0 spiro atoms. The number of nitrogen functional groups attached to an aromatic ring is 1. The first-order valence-electron chi connectivity index (χ1n) is 10.5. The van der Waals surface area contributed by atoms with Crippen LogP contribution < -0.4 is 11.1 Å². The lowest BCUT2D eigenvalue weighted by atomic mass is 9.92. The molecule has 8 heteroatoms. The molecule has 2 aromatic carbocycles. The third-order valence-electron chi connectivity index (χ3n) is 5.11. The Kier molecular flexibility index (Phi) is 8.24. The maximum Gasteiger partial charge on any atom is 0.337 e. The quantitative estimate of drug-likeness (QED) is 0.311. The molecular formula is C24H28N2O6. The van der Waals surface area contributed by atoms with Crippen molar-refractivity contribution < 1.29 is 28.9 Å². The van der Waals surface area contributed by atoms with Crippen LogP contribution in [0.25, 0.3) is 0 Å². The van der Waals surface area contributed by atoms with E-state index < -0.39 is 18.2 Å². The summed E-state index contributed by atoms with van der Waals surface area (Å²) >= 11 is 0. The van der Waals surface area contributed by atoms with Crippen molar-refractivity contribution in [3.05, 3.63) is 71.5 Å². The van der Waals surface area contributed by atoms with E-state index in [9.17, 15) is 9.59 Å². The molecule has 1 heterocycles. The van der Waals surface area contributed by atoms with Crippen molar-refractivity contribution in [2.75, 3.05) is 31.4 Å². The number of rotatable bonds is 9. The summed E-state index contributed by atoms with van der Waals surface area (Å²) in [6.45, 7) is 0.496. The number of anilines is 2. The van der Waals surface area contributed by atoms with E-state index in [-0.39, 0.29) is 18.3 Å². The SMILES string of the molecule is COC(=O)c1ccc(C2C=C(C(=O)Nc3ccccc3N)OC(OCCCCO)C2)cc1. The van der Waals surface area contributed by atoms with Crippen LogP contribution >= 0.6 is 0 Å². The predicted octanol–water partition coefficient (Wildman–Crippen LogP) is 3.20. The summed E-state index contributed by atoms with van der Waals surface area (Å²) in [5.74, 6) is -0.867. The van der Waals surface area contributed by atoms with Gasteiger partial charge in [0.05, 0.1) is 30.7 Å². The molecule has 2 unspecified atom stereocenters. The highest BCUT2D eigenvalue weighted by Gasteiger charge is 2.29. The van der Waals surface area contributed by atoms with Gasteiger partial charge in [-0.2, -0.15) is 0 Å². The van der Waals surface area contributed by atoms with Crippen LogP contribution in [0, 0.1) is 0 Å². The number of nitrogens with one attached hydrogen (secondary N) is 1. The number of carbonyl (C=O) groups excluding carboxylic acids is 2. The van der Waals surface area contributed by atoms with Crippen molar-refractivity contribution in [3.8, 4) is 0 Å². The number of allylic oxidation sites excluding steroid dienone is 1. The van der Waals surface area contributed by atoms with Gasteiger partial charge < -0.3 is 30.4 Å². The van der Waals surface area contributed by atoms with Gasteiger partial charge in [-0.05, 0) is 48.7 Å². The first-order valence-corrected chi connectivity index (χ1v) is 10.5. The molecule has 2 atom stereocenters. The normalized spacial score (nSPS) is 17.8. The molecule has 2 aromatic rings. The van der Waals surface area contributed by atoms with Crippen molar-refractivity contribution >= 4 is 23.3 Å². The van der Waals surface area contributed by atoms with Gasteiger partial charge in [0.25, 0.3) is 5.91 Å². The summed E-state index contributed by atoms with van der Waals surface area (Å²) in [5.41, 5.74) is 8.23. The van der Waals surface area contributed by atoms with Crippen molar-refractivity contribution in [1.29, 1.82) is 0 Å². The van der Waals surface area contributed by atoms with E-state index in [4.69, 9.17) is 25.1 Å². The van der Waals surface area contributed by atoms with Crippen LogP contribution in [-0.4, -0.2) is 43.6 Å². The molecule has 1 amide bonds. The number of aliphatic hydroxyl groups is 1. The van der Waals surface area contributed by atoms with E-state index in [1.165, 1.54) is 7.11 Å². The van der Waals surface area contributed by atoms with Crippen molar-refractivity contribution in [2.24, 2.45) is 0 Å². The molecular weight excluding hydrogens is 412 g/mol. The zero-order valence-electron chi connectivity index (χ0n) is 18.0. The van der Waals surface area contributed by atoms with Gasteiger partial charge in [0.15, 0.2) is 5.76 Å². The lowest BCUT2D eigenvalue weighted by Crippen LogP contribution is -2.29. The number of benzene rings is 2. The molecule has 32 heavy (non-hydrogen) atoms. The average Bonchev–Trinajstić information content (AvgIpc) is 2.82. The van der Waals surface area contributed by atoms with E-state index in [2.05, 4.69) is 5.32 Å². The Morgan fingerprint density at radius 2 is 1.91 bits per heavy atom. The Balaban J connectivity index is 1.79. The Hall–Kier alpha value is -3.36. The minimum atomic E-state index is -0.627. The molecule has 0 saturated carbocycles. The van der Waals surface area contributed by atoms with E-state index in [0.717, 1.165) is 5.56 Å². The molecule has 4 N–H and O–H groups in total. The van der Waals surface area contributed by atoms with E-state index in [1.807, 2.05) is 12.1 Å². The first-order chi connectivity index (χ1) is 15.5. The highest BCUT2D eigenvalue weighted by molar-refractivity contribution is 6.04. The Morgan fingerprint density at radius 1 is 1.16 bits per heavy atom. The van der Waals surface area contributed by atoms with Gasteiger partial charge in [0.2, 0.25) is 6.29 Å². The third-order valence-corrected chi connectivity index (χ3v) is 5.11. The zero-order valence-corrected chi connectivity index (χ0v) is 18.0. The number of methoxy groups -OCH3 is 1. The van der Waals surface area contributed by atoms with Crippen molar-refractivity contribution in [3.63, 3.8) is 0 Å². The van der Waals surface area contributed by atoms with Gasteiger partial charge in [0.1, 0.15) is 0 Å². The largest absolute Gasteiger partial charge is 0.465 e. The van der Waals surface area contributed by atoms with Crippen LogP contribution in [0.1, 0.15) is 41.1 Å². The van der Waals surface area contributed by atoms with Crippen LogP contribution in [0.3, 0.4) is 0 Å². The second kappa shape index (κ2) is 11.3. The minimum Gasteiger partial charge on any atom is -0.465 e. The molecule has 0 aliphatic carbocycles. The van der Waals surface area contributed by atoms with Gasteiger partial charge >= 0.3 is 5.97 Å².